The van der Waals surface area contributed by atoms with Gasteiger partial charge in [-0.1, -0.05) is 18.2 Å². The second-order valence-corrected chi connectivity index (χ2v) is 4.60. The minimum atomic E-state index is -0.977. The van der Waals surface area contributed by atoms with Crippen molar-refractivity contribution in [2.24, 2.45) is 0 Å². The van der Waals surface area contributed by atoms with Crippen LogP contribution in [0.25, 0.3) is 0 Å². The molecule has 0 aliphatic rings. The van der Waals surface area contributed by atoms with Gasteiger partial charge < -0.3 is 10.4 Å². The number of aryl methyl sites for hydroxylation is 2. The van der Waals surface area contributed by atoms with Gasteiger partial charge in [-0.2, -0.15) is 5.10 Å². The van der Waals surface area contributed by atoms with Crippen LogP contribution in [0.5, 0.6) is 0 Å². The normalized spacial score (nSPS) is 10.3. The van der Waals surface area contributed by atoms with Crippen LogP contribution >= 0.6 is 0 Å². The molecule has 0 saturated carbocycles. The lowest BCUT2D eigenvalue weighted by atomic mass is 10.0. The van der Waals surface area contributed by atoms with Crippen molar-refractivity contribution in [1.29, 1.82) is 0 Å². The number of anilines is 1. The highest BCUT2D eigenvalue weighted by molar-refractivity contribution is 5.92. The highest BCUT2D eigenvalue weighted by atomic mass is 16.4. The summed E-state index contributed by atoms with van der Waals surface area (Å²) in [6.07, 6.45) is 3.95. The maximum absolute atomic E-state index is 11.9. The molecule has 1 amide bonds. The third-order valence-electron chi connectivity index (χ3n) is 3.11. The van der Waals surface area contributed by atoms with Gasteiger partial charge in [0.25, 0.3) is 0 Å². The van der Waals surface area contributed by atoms with Crippen molar-refractivity contribution < 1.29 is 14.7 Å². The number of carboxylic acids is 1. The molecule has 0 bridgehead atoms. The fraction of sp³-hybridized carbons (Fsp3) is 0.267. The maximum Gasteiger partial charge on any atom is 0.335 e. The third-order valence-corrected chi connectivity index (χ3v) is 3.11. The van der Waals surface area contributed by atoms with E-state index in [2.05, 4.69) is 10.4 Å². The van der Waals surface area contributed by atoms with E-state index in [1.165, 1.54) is 0 Å². The number of aromatic carboxylic acids is 1. The van der Waals surface area contributed by atoms with Crippen LogP contribution in [0.3, 0.4) is 0 Å². The summed E-state index contributed by atoms with van der Waals surface area (Å²) in [5, 5.41) is 15.9. The predicted octanol–water partition coefficient (Wildman–Crippen LogP) is 2.17. The van der Waals surface area contributed by atoms with Crippen LogP contribution < -0.4 is 5.32 Å². The van der Waals surface area contributed by atoms with E-state index >= 15 is 0 Å². The van der Waals surface area contributed by atoms with Gasteiger partial charge in [0, 0.05) is 19.2 Å². The van der Waals surface area contributed by atoms with Crippen LogP contribution in [-0.4, -0.2) is 26.8 Å². The number of carboxylic acid groups (broad SMARTS) is 1. The van der Waals surface area contributed by atoms with Gasteiger partial charge in [-0.3, -0.25) is 9.48 Å². The molecular weight excluding hydrogens is 270 g/mol. The van der Waals surface area contributed by atoms with E-state index in [-0.39, 0.29) is 17.9 Å². The molecule has 0 fully saturated rings. The van der Waals surface area contributed by atoms with Crippen LogP contribution in [0, 0.1) is 0 Å². The summed E-state index contributed by atoms with van der Waals surface area (Å²) in [5.74, 6) is -1.14. The van der Waals surface area contributed by atoms with Gasteiger partial charge in [0.1, 0.15) is 0 Å². The van der Waals surface area contributed by atoms with Gasteiger partial charge in [0.15, 0.2) is 0 Å². The lowest BCUT2D eigenvalue weighted by Crippen LogP contribution is -2.13. The van der Waals surface area contributed by atoms with Crippen molar-refractivity contribution in [2.45, 2.75) is 26.3 Å². The molecular formula is C15H17N3O3. The molecule has 0 spiro atoms. The minimum absolute atomic E-state index is 0.161. The van der Waals surface area contributed by atoms with Crippen LogP contribution in [-0.2, 0) is 17.8 Å². The Hall–Kier alpha value is -2.63. The number of aromatic nitrogens is 2. The molecule has 1 heterocycles. The van der Waals surface area contributed by atoms with E-state index < -0.39 is 5.97 Å². The quantitative estimate of drug-likeness (QED) is 0.852. The summed E-state index contributed by atoms with van der Waals surface area (Å²) < 4.78 is 1.72. The minimum Gasteiger partial charge on any atom is -0.478 e. The van der Waals surface area contributed by atoms with E-state index in [9.17, 15) is 9.59 Å². The number of hydrogen-bond acceptors (Lipinski definition) is 3. The zero-order valence-corrected chi connectivity index (χ0v) is 11.7. The fourth-order valence-electron chi connectivity index (χ4n) is 2.02. The highest BCUT2D eigenvalue weighted by Gasteiger charge is 2.11. The molecule has 0 saturated heterocycles. The summed E-state index contributed by atoms with van der Waals surface area (Å²) in [7, 11) is 0. The fourth-order valence-corrected chi connectivity index (χ4v) is 2.02. The predicted molar refractivity (Wildman–Crippen MR) is 78.3 cm³/mol. The van der Waals surface area contributed by atoms with Gasteiger partial charge in [-0.25, -0.2) is 4.79 Å². The van der Waals surface area contributed by atoms with Crippen LogP contribution in [0.1, 0.15) is 29.3 Å². The number of carbonyl (C=O) groups is 2. The van der Waals surface area contributed by atoms with Gasteiger partial charge >= 0.3 is 5.97 Å². The molecule has 0 atom stereocenters. The van der Waals surface area contributed by atoms with E-state index in [1.54, 1.807) is 41.3 Å². The first-order valence-corrected chi connectivity index (χ1v) is 6.73. The van der Waals surface area contributed by atoms with Gasteiger partial charge in [-0.15, -0.1) is 0 Å². The molecule has 0 aliphatic carbocycles. The number of carbonyl (C=O) groups excluding carboxylic acids is 1. The van der Waals surface area contributed by atoms with E-state index in [4.69, 9.17) is 5.11 Å². The first-order chi connectivity index (χ1) is 10.1. The topological polar surface area (TPSA) is 84.2 Å². The van der Waals surface area contributed by atoms with Crippen LogP contribution in [0.2, 0.25) is 0 Å². The highest BCUT2D eigenvalue weighted by Crippen LogP contribution is 2.12. The molecule has 6 heteroatoms. The standard InChI is InChI=1S/C15H17N3O3/c1-2-18-10-12(9-16-18)17-14(19)8-7-11-5-3-4-6-13(11)15(20)21/h3-6,9-10H,2,7-8H2,1H3,(H,17,19)(H,20,21). The van der Waals surface area contributed by atoms with Gasteiger partial charge in [-0.05, 0) is 25.0 Å². The van der Waals surface area contributed by atoms with Crippen LogP contribution in [0.4, 0.5) is 5.69 Å². The van der Waals surface area contributed by atoms with Gasteiger partial charge in [0.05, 0.1) is 17.4 Å². The average molecular weight is 287 g/mol. The largest absolute Gasteiger partial charge is 0.478 e. The Kier molecular flexibility index (Phi) is 4.71. The summed E-state index contributed by atoms with van der Waals surface area (Å²) >= 11 is 0. The number of nitrogens with one attached hydrogen (secondary N) is 1. The molecule has 2 rings (SSSR count). The summed E-state index contributed by atoms with van der Waals surface area (Å²) in [4.78, 5) is 23.0. The molecule has 0 aliphatic heterocycles. The summed E-state index contributed by atoms with van der Waals surface area (Å²) in [5.41, 5.74) is 1.54. The molecule has 21 heavy (non-hydrogen) atoms. The van der Waals surface area contributed by atoms with Crippen molar-refractivity contribution in [3.63, 3.8) is 0 Å². The van der Waals surface area contributed by atoms with Crippen molar-refractivity contribution in [3.8, 4) is 0 Å². The Morgan fingerprint density at radius 2 is 2.10 bits per heavy atom. The molecule has 1 aromatic heterocycles. The molecule has 2 aromatic rings. The maximum atomic E-state index is 11.9. The first-order valence-electron chi connectivity index (χ1n) is 6.73. The summed E-state index contributed by atoms with van der Waals surface area (Å²) in [6.45, 7) is 2.70. The SMILES string of the molecule is CCn1cc(NC(=O)CCc2ccccc2C(=O)O)cn1. The lowest BCUT2D eigenvalue weighted by molar-refractivity contribution is -0.116. The number of hydrogen-bond donors (Lipinski definition) is 2. The zero-order chi connectivity index (χ0) is 15.2. The third kappa shape index (κ3) is 3.92. The van der Waals surface area contributed by atoms with E-state index in [1.807, 2.05) is 6.92 Å². The Labute approximate surface area is 122 Å². The number of nitrogens with zero attached hydrogens (tertiary/aromatic N) is 2. The number of rotatable bonds is 6. The van der Waals surface area contributed by atoms with Crippen molar-refractivity contribution in [3.05, 3.63) is 47.8 Å². The van der Waals surface area contributed by atoms with E-state index in [0.29, 0.717) is 17.7 Å². The second kappa shape index (κ2) is 6.69. The molecule has 110 valence electrons. The second-order valence-electron chi connectivity index (χ2n) is 4.60. The monoisotopic (exact) mass is 287 g/mol. The molecule has 1 aromatic carbocycles. The van der Waals surface area contributed by atoms with Gasteiger partial charge in [0.2, 0.25) is 5.91 Å². The van der Waals surface area contributed by atoms with Crippen molar-refractivity contribution >= 4 is 17.6 Å². The zero-order valence-electron chi connectivity index (χ0n) is 11.7. The molecule has 2 N–H and O–H groups in total. The number of amides is 1. The van der Waals surface area contributed by atoms with Crippen LogP contribution in [0.15, 0.2) is 36.7 Å². The van der Waals surface area contributed by atoms with E-state index in [0.717, 1.165) is 6.54 Å². The molecule has 0 unspecified atom stereocenters. The van der Waals surface area contributed by atoms with Crippen molar-refractivity contribution in [1.82, 2.24) is 9.78 Å². The Morgan fingerprint density at radius 1 is 1.33 bits per heavy atom. The summed E-state index contributed by atoms with van der Waals surface area (Å²) in [6, 6.07) is 6.71. The first kappa shape index (κ1) is 14.8. The van der Waals surface area contributed by atoms with Crippen molar-refractivity contribution in [2.75, 3.05) is 5.32 Å². The molecule has 6 nitrogen and oxygen atoms in total. The Bertz CT molecular complexity index is 649. The average Bonchev–Trinajstić information content (AvgIpc) is 2.93. The Morgan fingerprint density at radius 3 is 2.76 bits per heavy atom. The molecule has 0 radical (unpaired) electrons. The lowest BCUT2D eigenvalue weighted by Gasteiger charge is -2.06. The smallest absolute Gasteiger partial charge is 0.335 e. The Balaban J connectivity index is 1.94. The number of benzene rings is 1.